The zero-order valence-corrected chi connectivity index (χ0v) is 12.9. The summed E-state index contributed by atoms with van der Waals surface area (Å²) in [4.78, 5) is 0. The van der Waals surface area contributed by atoms with Crippen LogP contribution in [0.15, 0.2) is 18.2 Å². The highest BCUT2D eigenvalue weighted by atomic mass is 35.5. The molecule has 0 fully saturated rings. The van der Waals surface area contributed by atoms with E-state index in [4.69, 9.17) is 11.6 Å². The first-order valence-electron chi connectivity index (χ1n) is 7.22. The molecule has 19 heavy (non-hydrogen) atoms. The van der Waals surface area contributed by atoms with Crippen molar-refractivity contribution in [3.8, 4) is 0 Å². The molecule has 1 rings (SSSR count). The zero-order chi connectivity index (χ0) is 14.3. The van der Waals surface area contributed by atoms with E-state index in [0.29, 0.717) is 12.0 Å². The summed E-state index contributed by atoms with van der Waals surface area (Å²) < 4.78 is 13.7. The van der Waals surface area contributed by atoms with Crippen LogP contribution in [0, 0.1) is 11.7 Å². The molecule has 0 radical (unpaired) electrons. The molecule has 0 aliphatic heterocycles. The Kier molecular flexibility index (Phi) is 7.40. The summed E-state index contributed by atoms with van der Waals surface area (Å²) in [5.41, 5.74) is 0.727. The average Bonchev–Trinajstić information content (AvgIpc) is 2.38. The molecule has 0 heterocycles. The van der Waals surface area contributed by atoms with Crippen LogP contribution in [0.1, 0.15) is 45.6 Å². The minimum Gasteiger partial charge on any atom is -0.314 e. The molecule has 1 aromatic carbocycles. The van der Waals surface area contributed by atoms with Gasteiger partial charge in [-0.05, 0) is 49.8 Å². The lowest BCUT2D eigenvalue weighted by atomic mass is 9.96. The summed E-state index contributed by atoms with van der Waals surface area (Å²) in [7, 11) is 0. The summed E-state index contributed by atoms with van der Waals surface area (Å²) in [6.45, 7) is 7.68. The van der Waals surface area contributed by atoms with E-state index in [0.717, 1.165) is 37.8 Å². The van der Waals surface area contributed by atoms with Crippen LogP contribution in [0.4, 0.5) is 4.39 Å². The molecular formula is C16H25ClFN. The van der Waals surface area contributed by atoms with Gasteiger partial charge in [-0.1, -0.05) is 44.5 Å². The monoisotopic (exact) mass is 285 g/mol. The van der Waals surface area contributed by atoms with E-state index in [9.17, 15) is 4.39 Å². The zero-order valence-electron chi connectivity index (χ0n) is 12.2. The highest BCUT2D eigenvalue weighted by molar-refractivity contribution is 6.30. The van der Waals surface area contributed by atoms with E-state index in [1.165, 1.54) is 0 Å². The maximum absolute atomic E-state index is 13.7. The Balaban J connectivity index is 2.45. The van der Waals surface area contributed by atoms with Crippen molar-refractivity contribution in [3.63, 3.8) is 0 Å². The van der Waals surface area contributed by atoms with Crippen molar-refractivity contribution in [3.05, 3.63) is 34.6 Å². The first-order chi connectivity index (χ1) is 9.06. The van der Waals surface area contributed by atoms with Crippen LogP contribution in [-0.4, -0.2) is 12.6 Å². The lowest BCUT2D eigenvalue weighted by molar-refractivity contribution is 0.370. The predicted molar refractivity (Wildman–Crippen MR) is 81.3 cm³/mol. The minimum absolute atomic E-state index is 0.224. The molecule has 1 aromatic rings. The molecule has 0 amide bonds. The summed E-state index contributed by atoms with van der Waals surface area (Å²) in [5.74, 6) is 0.350. The van der Waals surface area contributed by atoms with Gasteiger partial charge in [-0.15, -0.1) is 0 Å². The molecule has 1 nitrogen and oxygen atoms in total. The van der Waals surface area contributed by atoms with Gasteiger partial charge in [0.05, 0.1) is 5.02 Å². The quantitative estimate of drug-likeness (QED) is 0.722. The van der Waals surface area contributed by atoms with Crippen molar-refractivity contribution in [2.45, 2.75) is 52.5 Å². The van der Waals surface area contributed by atoms with Crippen molar-refractivity contribution < 1.29 is 4.39 Å². The van der Waals surface area contributed by atoms with Gasteiger partial charge in [-0.2, -0.15) is 0 Å². The van der Waals surface area contributed by atoms with E-state index >= 15 is 0 Å². The second-order valence-electron chi connectivity index (χ2n) is 5.41. The van der Waals surface area contributed by atoms with E-state index in [2.05, 4.69) is 26.1 Å². The molecule has 3 heteroatoms. The molecule has 0 saturated heterocycles. The van der Waals surface area contributed by atoms with Crippen molar-refractivity contribution in [2.75, 3.05) is 6.54 Å². The summed E-state index contributed by atoms with van der Waals surface area (Å²) >= 11 is 5.79. The molecule has 0 aliphatic rings. The van der Waals surface area contributed by atoms with Crippen LogP contribution < -0.4 is 5.32 Å². The summed E-state index contributed by atoms with van der Waals surface area (Å²) in [6.07, 6.45) is 3.95. The van der Waals surface area contributed by atoms with Crippen molar-refractivity contribution in [1.82, 2.24) is 5.32 Å². The number of halogens is 2. The first-order valence-corrected chi connectivity index (χ1v) is 7.60. The van der Waals surface area contributed by atoms with Crippen molar-refractivity contribution in [2.24, 2.45) is 5.92 Å². The van der Waals surface area contributed by atoms with Gasteiger partial charge in [0.1, 0.15) is 5.82 Å². The van der Waals surface area contributed by atoms with Crippen molar-refractivity contribution >= 4 is 11.6 Å². The highest BCUT2D eigenvalue weighted by Crippen LogP contribution is 2.20. The normalized spacial score (nSPS) is 12.9. The fourth-order valence-corrected chi connectivity index (χ4v) is 2.45. The molecule has 1 atom stereocenters. The van der Waals surface area contributed by atoms with Crippen LogP contribution in [-0.2, 0) is 6.42 Å². The molecule has 0 saturated carbocycles. The van der Waals surface area contributed by atoms with Gasteiger partial charge < -0.3 is 5.32 Å². The largest absolute Gasteiger partial charge is 0.314 e. The third-order valence-electron chi connectivity index (χ3n) is 3.45. The Bertz CT molecular complexity index is 379. The topological polar surface area (TPSA) is 12.0 Å². The Hall–Kier alpha value is -0.600. The van der Waals surface area contributed by atoms with Gasteiger partial charge in [0.25, 0.3) is 0 Å². The SMILES string of the molecule is CCCNC(CCCc1cccc(Cl)c1F)C(C)C. The Morgan fingerprint density at radius 3 is 2.68 bits per heavy atom. The van der Waals surface area contributed by atoms with E-state index in [1.54, 1.807) is 6.07 Å². The summed E-state index contributed by atoms with van der Waals surface area (Å²) in [5, 5.41) is 3.79. The average molecular weight is 286 g/mol. The van der Waals surface area contributed by atoms with Crippen LogP contribution in [0.25, 0.3) is 0 Å². The second kappa shape index (κ2) is 8.55. The van der Waals surface area contributed by atoms with Gasteiger partial charge in [-0.3, -0.25) is 0 Å². The van der Waals surface area contributed by atoms with Crippen LogP contribution in [0.3, 0.4) is 0 Å². The maximum Gasteiger partial charge on any atom is 0.144 e. The molecule has 0 aromatic heterocycles. The van der Waals surface area contributed by atoms with Gasteiger partial charge in [0.2, 0.25) is 0 Å². The molecule has 0 aliphatic carbocycles. The molecule has 0 spiro atoms. The van der Waals surface area contributed by atoms with Crippen molar-refractivity contribution in [1.29, 1.82) is 0 Å². The molecule has 0 bridgehead atoms. The standard InChI is InChI=1S/C16H25ClFN/c1-4-11-19-15(12(2)3)10-6-8-13-7-5-9-14(17)16(13)18/h5,7,9,12,15,19H,4,6,8,10-11H2,1-3H3. The molecular weight excluding hydrogens is 261 g/mol. The Morgan fingerprint density at radius 2 is 2.05 bits per heavy atom. The number of rotatable bonds is 8. The number of hydrogen-bond acceptors (Lipinski definition) is 1. The van der Waals surface area contributed by atoms with Crippen LogP contribution in [0.2, 0.25) is 5.02 Å². The molecule has 1 unspecified atom stereocenters. The number of benzene rings is 1. The summed E-state index contributed by atoms with van der Waals surface area (Å²) in [6, 6.07) is 5.75. The van der Waals surface area contributed by atoms with Crippen LogP contribution >= 0.6 is 11.6 Å². The number of nitrogens with one attached hydrogen (secondary N) is 1. The fourth-order valence-electron chi connectivity index (χ4n) is 2.25. The third kappa shape index (κ3) is 5.50. The third-order valence-corrected chi connectivity index (χ3v) is 3.75. The maximum atomic E-state index is 13.7. The fraction of sp³-hybridized carbons (Fsp3) is 0.625. The molecule has 108 valence electrons. The molecule has 1 N–H and O–H groups in total. The lowest BCUT2D eigenvalue weighted by Gasteiger charge is -2.22. The number of aryl methyl sites for hydroxylation is 1. The first kappa shape index (κ1) is 16.5. The predicted octanol–water partition coefficient (Wildman–Crippen LogP) is 4.83. The van der Waals surface area contributed by atoms with E-state index in [1.807, 2.05) is 12.1 Å². The van der Waals surface area contributed by atoms with Gasteiger partial charge >= 0.3 is 0 Å². The second-order valence-corrected chi connectivity index (χ2v) is 5.82. The smallest absolute Gasteiger partial charge is 0.144 e. The van der Waals surface area contributed by atoms with E-state index in [-0.39, 0.29) is 10.8 Å². The van der Waals surface area contributed by atoms with Gasteiger partial charge in [-0.25, -0.2) is 4.39 Å². The minimum atomic E-state index is -0.258. The Labute approximate surface area is 121 Å². The van der Waals surface area contributed by atoms with Gasteiger partial charge in [0, 0.05) is 6.04 Å². The van der Waals surface area contributed by atoms with E-state index < -0.39 is 0 Å². The highest BCUT2D eigenvalue weighted by Gasteiger charge is 2.13. The van der Waals surface area contributed by atoms with Crippen LogP contribution in [0.5, 0.6) is 0 Å². The lowest BCUT2D eigenvalue weighted by Crippen LogP contribution is -2.34. The Morgan fingerprint density at radius 1 is 1.32 bits per heavy atom. The number of hydrogen-bond donors (Lipinski definition) is 1. The van der Waals surface area contributed by atoms with Gasteiger partial charge in [0.15, 0.2) is 0 Å².